The lowest BCUT2D eigenvalue weighted by molar-refractivity contribution is 0.0940. The summed E-state index contributed by atoms with van der Waals surface area (Å²) in [6.07, 6.45) is 2.82. The number of hydrogen-bond acceptors (Lipinski definition) is 4. The average molecular weight is 377 g/mol. The largest absolute Gasteiger partial charge is 0.381 e. The Kier molecular flexibility index (Phi) is 8.69. The molecule has 0 aliphatic carbocycles. The van der Waals surface area contributed by atoms with Crippen LogP contribution in [0.2, 0.25) is 5.02 Å². The number of rotatable bonds is 10. The molecule has 1 amide bonds. The number of amides is 1. The fourth-order valence-electron chi connectivity index (χ4n) is 1.87. The number of hydrogen-bond donors (Lipinski definition) is 1. The van der Waals surface area contributed by atoms with E-state index in [0.717, 1.165) is 23.8 Å². The first-order valence-corrected chi connectivity index (χ1v) is 9.70. The van der Waals surface area contributed by atoms with Crippen LogP contribution in [0.3, 0.4) is 0 Å². The zero-order chi connectivity index (χ0) is 18.2. The average Bonchev–Trinajstić information content (AvgIpc) is 2.53. The Bertz CT molecular complexity index is 647. The third kappa shape index (κ3) is 6.05. The predicted molar refractivity (Wildman–Crippen MR) is 95.0 cm³/mol. The maximum atomic E-state index is 12.2. The molecule has 1 aromatic rings. The normalized spacial score (nSPS) is 11.7. The van der Waals surface area contributed by atoms with Crippen molar-refractivity contribution in [1.82, 2.24) is 9.62 Å². The molecule has 6 nitrogen and oxygen atoms in total. The number of nitrogens with zero attached hydrogens (tertiary/aromatic N) is 1. The van der Waals surface area contributed by atoms with Crippen LogP contribution in [0.1, 0.15) is 36.5 Å². The Labute approximate surface area is 149 Å². The van der Waals surface area contributed by atoms with Crippen LogP contribution < -0.4 is 5.32 Å². The van der Waals surface area contributed by atoms with Crippen molar-refractivity contribution in [3.63, 3.8) is 0 Å². The van der Waals surface area contributed by atoms with Crippen molar-refractivity contribution in [2.75, 3.05) is 33.9 Å². The van der Waals surface area contributed by atoms with Crippen molar-refractivity contribution < 1.29 is 17.9 Å². The van der Waals surface area contributed by atoms with Gasteiger partial charge in [-0.05, 0) is 31.0 Å². The molecular formula is C16H25ClN2O4S. The number of unbranched alkanes of at least 4 members (excludes halogenated alkanes) is 1. The maximum absolute atomic E-state index is 12.2. The van der Waals surface area contributed by atoms with Crippen LogP contribution in [0, 0.1) is 0 Å². The van der Waals surface area contributed by atoms with Crippen molar-refractivity contribution in [2.45, 2.75) is 31.1 Å². The van der Waals surface area contributed by atoms with Gasteiger partial charge in [-0.3, -0.25) is 4.79 Å². The lowest BCUT2D eigenvalue weighted by atomic mass is 10.2. The second kappa shape index (κ2) is 9.98. The van der Waals surface area contributed by atoms with E-state index in [-0.39, 0.29) is 21.4 Å². The molecule has 0 atom stereocenters. The lowest BCUT2D eigenvalue weighted by Crippen LogP contribution is -2.26. The number of ether oxygens (including phenoxy) is 1. The Morgan fingerprint density at radius 2 is 1.92 bits per heavy atom. The topological polar surface area (TPSA) is 75.7 Å². The Morgan fingerprint density at radius 1 is 1.25 bits per heavy atom. The molecule has 0 aliphatic heterocycles. The second-order valence-electron chi connectivity index (χ2n) is 5.51. The monoisotopic (exact) mass is 376 g/mol. The molecule has 1 rings (SSSR count). The summed E-state index contributed by atoms with van der Waals surface area (Å²) in [5.74, 6) is -0.338. The fourth-order valence-corrected chi connectivity index (χ4v) is 3.26. The van der Waals surface area contributed by atoms with E-state index in [1.165, 1.54) is 32.3 Å². The first-order chi connectivity index (χ1) is 11.3. The Balaban J connectivity index is 2.63. The van der Waals surface area contributed by atoms with Gasteiger partial charge in [0.05, 0.1) is 5.02 Å². The summed E-state index contributed by atoms with van der Waals surface area (Å²) in [6.45, 7) is 3.87. The first-order valence-electron chi connectivity index (χ1n) is 7.88. The van der Waals surface area contributed by atoms with Gasteiger partial charge < -0.3 is 10.1 Å². The minimum Gasteiger partial charge on any atom is -0.381 e. The van der Waals surface area contributed by atoms with E-state index in [1.807, 2.05) is 0 Å². The molecular weight excluding hydrogens is 352 g/mol. The molecule has 1 N–H and O–H groups in total. The van der Waals surface area contributed by atoms with Gasteiger partial charge in [-0.1, -0.05) is 24.9 Å². The minimum atomic E-state index is -3.70. The van der Waals surface area contributed by atoms with E-state index in [1.54, 1.807) is 0 Å². The molecule has 24 heavy (non-hydrogen) atoms. The summed E-state index contributed by atoms with van der Waals surface area (Å²) < 4.78 is 30.9. The van der Waals surface area contributed by atoms with E-state index in [4.69, 9.17) is 16.3 Å². The maximum Gasteiger partial charge on any atom is 0.251 e. The predicted octanol–water partition coefficient (Wildman–Crippen LogP) is 2.53. The molecule has 136 valence electrons. The van der Waals surface area contributed by atoms with Gasteiger partial charge in [-0.15, -0.1) is 0 Å². The minimum absolute atomic E-state index is 0.0790. The van der Waals surface area contributed by atoms with Crippen LogP contribution >= 0.6 is 11.6 Å². The van der Waals surface area contributed by atoms with E-state index in [9.17, 15) is 13.2 Å². The van der Waals surface area contributed by atoms with E-state index in [2.05, 4.69) is 12.2 Å². The summed E-state index contributed by atoms with van der Waals surface area (Å²) in [6, 6.07) is 4.22. The van der Waals surface area contributed by atoms with Crippen LogP contribution in [-0.2, 0) is 14.8 Å². The molecule has 0 aliphatic rings. The van der Waals surface area contributed by atoms with Crippen molar-refractivity contribution >= 4 is 27.5 Å². The molecule has 0 heterocycles. The first kappa shape index (κ1) is 20.9. The molecule has 0 saturated carbocycles. The molecule has 0 fully saturated rings. The number of halogens is 1. The SMILES string of the molecule is CCCCOCCCNC(=O)c1ccc(Cl)c(S(=O)(=O)N(C)C)c1. The van der Waals surface area contributed by atoms with E-state index >= 15 is 0 Å². The summed E-state index contributed by atoms with van der Waals surface area (Å²) in [7, 11) is -0.873. The number of carbonyl (C=O) groups is 1. The number of benzene rings is 1. The van der Waals surface area contributed by atoms with Gasteiger partial charge in [0.25, 0.3) is 5.91 Å². The van der Waals surface area contributed by atoms with Gasteiger partial charge in [0.2, 0.25) is 10.0 Å². The van der Waals surface area contributed by atoms with Crippen LogP contribution in [0.5, 0.6) is 0 Å². The van der Waals surface area contributed by atoms with Gasteiger partial charge >= 0.3 is 0 Å². The molecule has 0 bridgehead atoms. The molecule has 0 aromatic heterocycles. The van der Waals surface area contributed by atoms with Gasteiger partial charge in [0, 0.05) is 39.4 Å². The van der Waals surface area contributed by atoms with E-state index < -0.39 is 10.0 Å². The Morgan fingerprint density at radius 3 is 2.54 bits per heavy atom. The molecule has 0 spiro atoms. The summed E-state index contributed by atoms with van der Waals surface area (Å²) >= 11 is 5.96. The van der Waals surface area contributed by atoms with Gasteiger partial charge in [0.15, 0.2) is 0 Å². The van der Waals surface area contributed by atoms with Crippen LogP contribution in [0.25, 0.3) is 0 Å². The number of carbonyl (C=O) groups excluding carboxylic acids is 1. The zero-order valence-corrected chi connectivity index (χ0v) is 15.9. The molecule has 8 heteroatoms. The summed E-state index contributed by atoms with van der Waals surface area (Å²) in [5, 5.41) is 2.83. The number of nitrogens with one attached hydrogen (secondary N) is 1. The highest BCUT2D eigenvalue weighted by atomic mass is 35.5. The van der Waals surface area contributed by atoms with Crippen LogP contribution in [-0.4, -0.2) is 52.5 Å². The highest BCUT2D eigenvalue weighted by Gasteiger charge is 2.22. The van der Waals surface area contributed by atoms with Gasteiger partial charge in [-0.25, -0.2) is 12.7 Å². The third-order valence-electron chi connectivity index (χ3n) is 3.35. The van der Waals surface area contributed by atoms with Crippen LogP contribution in [0.15, 0.2) is 23.1 Å². The van der Waals surface area contributed by atoms with Gasteiger partial charge in [0.1, 0.15) is 4.90 Å². The smallest absolute Gasteiger partial charge is 0.251 e. The molecule has 0 unspecified atom stereocenters. The quantitative estimate of drug-likeness (QED) is 0.636. The molecule has 0 radical (unpaired) electrons. The highest BCUT2D eigenvalue weighted by Crippen LogP contribution is 2.24. The van der Waals surface area contributed by atoms with Crippen molar-refractivity contribution in [3.05, 3.63) is 28.8 Å². The molecule has 1 aromatic carbocycles. The standard InChI is InChI=1S/C16H25ClN2O4S/c1-4-5-10-23-11-6-9-18-16(20)13-7-8-14(17)15(12-13)24(21,22)19(2)3/h7-8,12H,4-6,9-11H2,1-3H3,(H,18,20). The zero-order valence-electron chi connectivity index (χ0n) is 14.3. The Hall–Kier alpha value is -1.15. The third-order valence-corrected chi connectivity index (χ3v) is 5.64. The van der Waals surface area contributed by atoms with Crippen molar-refractivity contribution in [2.24, 2.45) is 0 Å². The van der Waals surface area contributed by atoms with Crippen molar-refractivity contribution in [1.29, 1.82) is 0 Å². The van der Waals surface area contributed by atoms with Crippen LogP contribution in [0.4, 0.5) is 0 Å². The summed E-state index contributed by atoms with van der Waals surface area (Å²) in [4.78, 5) is 12.1. The fraction of sp³-hybridized carbons (Fsp3) is 0.562. The summed E-state index contributed by atoms with van der Waals surface area (Å²) in [5.41, 5.74) is 0.256. The second-order valence-corrected chi connectivity index (χ2v) is 8.04. The lowest BCUT2D eigenvalue weighted by Gasteiger charge is -2.14. The highest BCUT2D eigenvalue weighted by molar-refractivity contribution is 7.89. The van der Waals surface area contributed by atoms with Crippen molar-refractivity contribution in [3.8, 4) is 0 Å². The molecule has 0 saturated heterocycles. The van der Waals surface area contributed by atoms with Gasteiger partial charge in [-0.2, -0.15) is 0 Å². The number of sulfonamides is 1. The van der Waals surface area contributed by atoms with E-state index in [0.29, 0.717) is 19.6 Å².